The Labute approximate surface area is 205 Å². The predicted molar refractivity (Wildman–Crippen MR) is 107 cm³/mol. The summed E-state index contributed by atoms with van der Waals surface area (Å²) in [7, 11) is 0. The molecule has 7 heteroatoms. The van der Waals surface area contributed by atoms with Crippen molar-refractivity contribution in [1.82, 2.24) is 14.9 Å². The van der Waals surface area contributed by atoms with Crippen molar-refractivity contribution in [3.8, 4) is 0 Å². The summed E-state index contributed by atoms with van der Waals surface area (Å²) in [5, 5.41) is 3.60. The van der Waals surface area contributed by atoms with Crippen LogP contribution in [-0.4, -0.2) is 28.0 Å². The quantitative estimate of drug-likeness (QED) is 0.351. The molecule has 2 heterocycles. The normalized spacial score (nSPS) is 9.76. The molecule has 0 saturated carbocycles. The second-order valence-electron chi connectivity index (χ2n) is 6.55. The molecule has 1 N–H and O–H groups in total. The first-order valence-corrected chi connectivity index (χ1v) is 9.04. The Morgan fingerprint density at radius 3 is 1.72 bits per heavy atom. The van der Waals surface area contributed by atoms with E-state index in [1.165, 1.54) is 16.8 Å². The number of aromatic nitrogens is 2. The van der Waals surface area contributed by atoms with Crippen molar-refractivity contribution in [2.24, 2.45) is 0 Å². The molecule has 3 aromatic rings. The third-order valence-corrected chi connectivity index (χ3v) is 4.43. The molecule has 0 unspecified atom stereocenters. The molecule has 0 fully saturated rings. The summed E-state index contributed by atoms with van der Waals surface area (Å²) in [6.45, 7) is 7.72. The van der Waals surface area contributed by atoms with Gasteiger partial charge in [0.2, 0.25) is 0 Å². The standard InChI is InChI=1S/C22H26N4.2BrH.Co/c1-18-8-7-9-19(2)22(18)25-14-15-26(16-20-10-3-5-12-23-20)17-21-11-4-6-13-24-21;;;/h3-13,25H,14-17H2,1-2H3;2*1H;/q;;;+2/p-2. The zero-order chi connectivity index (χ0) is 18.2. The zero-order valence-electron chi connectivity index (χ0n) is 16.6. The molecular weight excluding hydrogens is 539 g/mol. The van der Waals surface area contributed by atoms with Crippen LogP contribution in [0.3, 0.4) is 0 Å². The number of rotatable bonds is 8. The van der Waals surface area contributed by atoms with Gasteiger partial charge in [0.1, 0.15) is 0 Å². The molecule has 2 aromatic heterocycles. The molecule has 0 aliphatic rings. The molecular formula is C22H26Br2CoN4. The second kappa shape index (κ2) is 14.7. The average molecular weight is 565 g/mol. The van der Waals surface area contributed by atoms with Crippen molar-refractivity contribution >= 4 is 5.69 Å². The Kier molecular flexibility index (Phi) is 14.1. The van der Waals surface area contributed by atoms with Crippen molar-refractivity contribution in [3.63, 3.8) is 0 Å². The van der Waals surface area contributed by atoms with Gasteiger partial charge >= 0.3 is 16.8 Å². The van der Waals surface area contributed by atoms with Gasteiger partial charge in [0, 0.05) is 44.3 Å². The molecule has 0 amide bonds. The number of nitrogens with one attached hydrogen (secondary N) is 1. The number of anilines is 1. The van der Waals surface area contributed by atoms with Gasteiger partial charge in [0.25, 0.3) is 0 Å². The summed E-state index contributed by atoms with van der Waals surface area (Å²) in [5.41, 5.74) is 5.96. The maximum atomic E-state index is 4.47. The zero-order valence-corrected chi connectivity index (χ0v) is 20.8. The summed E-state index contributed by atoms with van der Waals surface area (Å²) in [6.07, 6.45) is 3.70. The monoisotopic (exact) mass is 563 g/mol. The van der Waals surface area contributed by atoms with Gasteiger partial charge in [-0.05, 0) is 49.2 Å². The molecule has 29 heavy (non-hydrogen) atoms. The van der Waals surface area contributed by atoms with Crippen LogP contribution in [0.25, 0.3) is 0 Å². The van der Waals surface area contributed by atoms with E-state index in [0.717, 1.165) is 37.6 Å². The number of benzene rings is 1. The van der Waals surface area contributed by atoms with E-state index < -0.39 is 0 Å². The first kappa shape index (κ1) is 27.7. The van der Waals surface area contributed by atoms with Crippen molar-refractivity contribution in [1.29, 1.82) is 0 Å². The molecule has 0 aliphatic carbocycles. The van der Waals surface area contributed by atoms with E-state index in [0.29, 0.717) is 0 Å². The average Bonchev–Trinajstić information content (AvgIpc) is 2.66. The fourth-order valence-electron chi connectivity index (χ4n) is 3.09. The van der Waals surface area contributed by atoms with Crippen LogP contribution >= 0.6 is 0 Å². The Bertz CT molecular complexity index is 758. The summed E-state index contributed by atoms with van der Waals surface area (Å²) in [4.78, 5) is 11.3. The van der Waals surface area contributed by atoms with Gasteiger partial charge in [0.15, 0.2) is 0 Å². The molecule has 0 aliphatic heterocycles. The maximum Gasteiger partial charge on any atom is 2.00 e. The number of hydrogen-bond acceptors (Lipinski definition) is 4. The van der Waals surface area contributed by atoms with Crippen LogP contribution in [0.1, 0.15) is 22.5 Å². The summed E-state index contributed by atoms with van der Waals surface area (Å²) in [5.74, 6) is 0. The fraction of sp³-hybridized carbons (Fsp3) is 0.273. The van der Waals surface area contributed by atoms with E-state index >= 15 is 0 Å². The molecule has 1 aromatic carbocycles. The molecule has 1 radical (unpaired) electrons. The Morgan fingerprint density at radius 1 is 0.759 bits per heavy atom. The van der Waals surface area contributed by atoms with Crippen LogP contribution in [0.15, 0.2) is 67.0 Å². The fourth-order valence-corrected chi connectivity index (χ4v) is 3.09. The minimum Gasteiger partial charge on any atom is -1.00 e. The first-order chi connectivity index (χ1) is 12.7. The van der Waals surface area contributed by atoms with Gasteiger partial charge in [-0.1, -0.05) is 30.3 Å². The van der Waals surface area contributed by atoms with Crippen molar-refractivity contribution in [2.75, 3.05) is 18.4 Å². The van der Waals surface area contributed by atoms with Crippen LogP contribution in [0, 0.1) is 13.8 Å². The van der Waals surface area contributed by atoms with Crippen LogP contribution < -0.4 is 39.3 Å². The largest absolute Gasteiger partial charge is 2.00 e. The number of halogens is 2. The Morgan fingerprint density at radius 2 is 1.28 bits per heavy atom. The number of nitrogens with zero attached hydrogens (tertiary/aromatic N) is 3. The van der Waals surface area contributed by atoms with E-state index in [1.54, 1.807) is 0 Å². The van der Waals surface area contributed by atoms with E-state index in [-0.39, 0.29) is 50.7 Å². The summed E-state index contributed by atoms with van der Waals surface area (Å²) in [6, 6.07) is 18.5. The number of aryl methyl sites for hydroxylation is 2. The minimum atomic E-state index is 0. The Balaban J connectivity index is 0.00000261. The SMILES string of the molecule is Cc1cccc(C)c1NCCN(Cc1ccccn1)Cc1ccccn1.[Br-].[Br-].[Co+2]. The number of para-hydroxylation sites is 1. The minimum absolute atomic E-state index is 0. The van der Waals surface area contributed by atoms with Crippen molar-refractivity contribution in [3.05, 3.63) is 89.5 Å². The van der Waals surface area contributed by atoms with E-state index in [9.17, 15) is 0 Å². The van der Waals surface area contributed by atoms with Crippen LogP contribution in [0.4, 0.5) is 5.69 Å². The third-order valence-electron chi connectivity index (χ3n) is 4.43. The molecule has 0 atom stereocenters. The van der Waals surface area contributed by atoms with E-state index in [2.05, 4.69) is 64.4 Å². The second-order valence-corrected chi connectivity index (χ2v) is 6.55. The molecule has 0 saturated heterocycles. The molecule has 0 bridgehead atoms. The smallest absolute Gasteiger partial charge is 1.00 e. The molecule has 3 rings (SSSR count). The van der Waals surface area contributed by atoms with Crippen molar-refractivity contribution in [2.45, 2.75) is 26.9 Å². The van der Waals surface area contributed by atoms with Crippen molar-refractivity contribution < 1.29 is 50.7 Å². The number of pyridine rings is 2. The topological polar surface area (TPSA) is 41.0 Å². The van der Waals surface area contributed by atoms with Crippen LogP contribution in [-0.2, 0) is 29.9 Å². The van der Waals surface area contributed by atoms with Gasteiger partial charge in [-0.3, -0.25) is 14.9 Å². The number of hydrogen-bond donors (Lipinski definition) is 1. The molecule has 157 valence electrons. The van der Waals surface area contributed by atoms with Gasteiger partial charge in [0.05, 0.1) is 11.4 Å². The summed E-state index contributed by atoms with van der Waals surface area (Å²) >= 11 is 0. The van der Waals surface area contributed by atoms with Crippen LogP contribution in [0.5, 0.6) is 0 Å². The molecule has 0 spiro atoms. The van der Waals surface area contributed by atoms with Gasteiger partial charge < -0.3 is 39.3 Å². The maximum absolute atomic E-state index is 4.47. The van der Waals surface area contributed by atoms with E-state index in [1.807, 2.05) is 36.7 Å². The summed E-state index contributed by atoms with van der Waals surface area (Å²) < 4.78 is 0. The van der Waals surface area contributed by atoms with Gasteiger partial charge in [-0.15, -0.1) is 0 Å². The van der Waals surface area contributed by atoms with E-state index in [4.69, 9.17) is 0 Å². The third kappa shape index (κ3) is 8.96. The van der Waals surface area contributed by atoms with Gasteiger partial charge in [-0.2, -0.15) is 0 Å². The Hall–Kier alpha value is -1.25. The van der Waals surface area contributed by atoms with Crippen LogP contribution in [0.2, 0.25) is 0 Å². The molecule has 4 nitrogen and oxygen atoms in total. The van der Waals surface area contributed by atoms with Gasteiger partial charge in [-0.25, -0.2) is 0 Å². The first-order valence-electron chi connectivity index (χ1n) is 9.04. The predicted octanol–water partition coefficient (Wildman–Crippen LogP) is -1.79.